The third-order valence-corrected chi connectivity index (χ3v) is 4.82. The molecule has 3 heterocycles. The van der Waals surface area contributed by atoms with Crippen molar-refractivity contribution in [1.82, 2.24) is 20.1 Å². The van der Waals surface area contributed by atoms with E-state index in [1.165, 1.54) is 11.3 Å². The van der Waals surface area contributed by atoms with E-state index in [9.17, 15) is 5.11 Å². The third-order valence-electron chi connectivity index (χ3n) is 4.82. The van der Waals surface area contributed by atoms with E-state index in [1.807, 2.05) is 18.2 Å². The predicted molar refractivity (Wildman–Crippen MR) is 90.4 cm³/mol. The van der Waals surface area contributed by atoms with Crippen molar-refractivity contribution in [2.45, 2.75) is 25.8 Å². The molecule has 5 nitrogen and oxygen atoms in total. The first kappa shape index (κ1) is 14.2. The molecule has 0 amide bonds. The van der Waals surface area contributed by atoms with E-state index in [1.54, 1.807) is 6.07 Å². The molecule has 0 unspecified atom stereocenters. The number of aromatic hydroxyl groups is 1. The van der Waals surface area contributed by atoms with Gasteiger partial charge in [0.25, 0.3) is 0 Å². The number of fused-ring (bicyclic) bond motifs is 3. The number of hydrogen-bond donors (Lipinski definition) is 2. The molecular weight excluding hydrogens is 288 g/mol. The number of phenols is 1. The van der Waals surface area contributed by atoms with Gasteiger partial charge in [0.1, 0.15) is 5.75 Å². The molecule has 3 aromatic rings. The smallest absolute Gasteiger partial charge is 0.160 e. The van der Waals surface area contributed by atoms with Crippen LogP contribution in [0.3, 0.4) is 0 Å². The molecule has 0 saturated heterocycles. The topological polar surface area (TPSA) is 65.0 Å². The Balaban J connectivity index is 1.92. The Morgan fingerprint density at radius 3 is 2.91 bits per heavy atom. The lowest BCUT2D eigenvalue weighted by atomic mass is 9.94. The molecule has 0 spiro atoms. The normalized spacial score (nSPS) is 18.3. The van der Waals surface area contributed by atoms with Crippen LogP contribution in [-0.2, 0) is 6.42 Å². The van der Waals surface area contributed by atoms with Crippen molar-refractivity contribution >= 4 is 11.0 Å². The number of nitrogens with zero attached hydrogens (tertiary/aromatic N) is 3. The zero-order valence-electron chi connectivity index (χ0n) is 13.4. The van der Waals surface area contributed by atoms with Gasteiger partial charge in [-0.15, -0.1) is 10.2 Å². The summed E-state index contributed by atoms with van der Waals surface area (Å²) in [6.45, 7) is 3.27. The number of para-hydroxylation sites is 1. The van der Waals surface area contributed by atoms with Crippen LogP contribution in [0.5, 0.6) is 5.75 Å². The standard InChI is InChI=1S/C18H20N4O/c1-3-15-17-12-10-14(11-6-4-5-7-16(11)23)20-21-18(12)19-13(17)8-9-22(15)2/h4-7,10,15,23H,3,8-9H2,1-2H3,(H,19,21)/t15-/m1/s1. The maximum Gasteiger partial charge on any atom is 0.160 e. The molecule has 1 aliphatic heterocycles. The van der Waals surface area contributed by atoms with Crippen molar-refractivity contribution in [2.75, 3.05) is 13.6 Å². The molecule has 0 radical (unpaired) electrons. The number of aromatic amines is 1. The second kappa shape index (κ2) is 5.35. The molecule has 4 rings (SSSR count). The van der Waals surface area contributed by atoms with Gasteiger partial charge in [0.05, 0.1) is 5.69 Å². The fourth-order valence-electron chi connectivity index (χ4n) is 3.64. The van der Waals surface area contributed by atoms with E-state index in [-0.39, 0.29) is 5.75 Å². The minimum Gasteiger partial charge on any atom is -0.507 e. The summed E-state index contributed by atoms with van der Waals surface area (Å²) in [6, 6.07) is 9.70. The first-order valence-electron chi connectivity index (χ1n) is 8.05. The first-order chi connectivity index (χ1) is 11.2. The summed E-state index contributed by atoms with van der Waals surface area (Å²) in [5.74, 6) is 0.231. The van der Waals surface area contributed by atoms with E-state index < -0.39 is 0 Å². The van der Waals surface area contributed by atoms with Crippen molar-refractivity contribution in [3.63, 3.8) is 0 Å². The van der Waals surface area contributed by atoms with Crippen molar-refractivity contribution in [1.29, 1.82) is 0 Å². The lowest BCUT2D eigenvalue weighted by Gasteiger charge is -2.32. The summed E-state index contributed by atoms with van der Waals surface area (Å²) in [6.07, 6.45) is 2.06. The van der Waals surface area contributed by atoms with E-state index >= 15 is 0 Å². The molecule has 1 atom stereocenters. The predicted octanol–water partition coefficient (Wildman–Crippen LogP) is 3.27. The number of hydrogen-bond acceptors (Lipinski definition) is 4. The lowest BCUT2D eigenvalue weighted by Crippen LogP contribution is -2.31. The first-order valence-corrected chi connectivity index (χ1v) is 8.05. The van der Waals surface area contributed by atoms with Gasteiger partial charge in [0, 0.05) is 35.7 Å². The Bertz CT molecular complexity index is 871. The number of rotatable bonds is 2. The maximum absolute atomic E-state index is 10.1. The third kappa shape index (κ3) is 2.19. The van der Waals surface area contributed by atoms with Gasteiger partial charge < -0.3 is 10.1 Å². The van der Waals surface area contributed by atoms with Crippen LogP contribution in [0.2, 0.25) is 0 Å². The second-order valence-corrected chi connectivity index (χ2v) is 6.18. The number of aromatic nitrogens is 3. The number of likely N-dealkylation sites (N-methyl/N-ethyl adjacent to an activating group) is 1. The van der Waals surface area contributed by atoms with Crippen LogP contribution in [0.15, 0.2) is 30.3 Å². The molecule has 0 aliphatic carbocycles. The highest BCUT2D eigenvalue weighted by atomic mass is 16.3. The molecular formula is C18H20N4O. The van der Waals surface area contributed by atoms with Gasteiger partial charge >= 0.3 is 0 Å². The molecule has 2 N–H and O–H groups in total. The summed E-state index contributed by atoms with van der Waals surface area (Å²) in [5.41, 5.74) is 4.87. The Morgan fingerprint density at radius 2 is 2.13 bits per heavy atom. The zero-order valence-corrected chi connectivity index (χ0v) is 13.4. The van der Waals surface area contributed by atoms with Gasteiger partial charge in [0.2, 0.25) is 0 Å². The van der Waals surface area contributed by atoms with Crippen LogP contribution in [0.1, 0.15) is 30.6 Å². The molecule has 1 aliphatic rings. The molecule has 2 aromatic heterocycles. The minimum atomic E-state index is 0.231. The number of phenolic OH excluding ortho intramolecular Hbond substituents is 1. The Hall–Kier alpha value is -2.40. The molecule has 0 saturated carbocycles. The van der Waals surface area contributed by atoms with E-state index in [0.29, 0.717) is 17.3 Å². The summed E-state index contributed by atoms with van der Waals surface area (Å²) in [5, 5.41) is 19.9. The molecule has 0 fully saturated rings. The highest BCUT2D eigenvalue weighted by Crippen LogP contribution is 2.37. The van der Waals surface area contributed by atoms with Crippen LogP contribution in [0, 0.1) is 0 Å². The van der Waals surface area contributed by atoms with Crippen LogP contribution in [-0.4, -0.2) is 38.8 Å². The summed E-state index contributed by atoms with van der Waals surface area (Å²) in [7, 11) is 2.18. The van der Waals surface area contributed by atoms with Crippen molar-refractivity contribution in [2.24, 2.45) is 0 Å². The summed E-state index contributed by atoms with van der Waals surface area (Å²) in [4.78, 5) is 5.83. The SMILES string of the molecule is CC[C@@H]1c2c([nH]c3nnc(-c4ccccc4O)cc23)CCN1C. The Labute approximate surface area is 135 Å². The van der Waals surface area contributed by atoms with Gasteiger partial charge in [0.15, 0.2) is 5.65 Å². The highest BCUT2D eigenvalue weighted by Gasteiger charge is 2.28. The largest absolute Gasteiger partial charge is 0.507 e. The minimum absolute atomic E-state index is 0.231. The second-order valence-electron chi connectivity index (χ2n) is 6.18. The van der Waals surface area contributed by atoms with Crippen LogP contribution < -0.4 is 0 Å². The average molecular weight is 308 g/mol. The number of benzene rings is 1. The summed E-state index contributed by atoms with van der Waals surface area (Å²) < 4.78 is 0. The maximum atomic E-state index is 10.1. The highest BCUT2D eigenvalue weighted by molar-refractivity contribution is 5.86. The fraction of sp³-hybridized carbons (Fsp3) is 0.333. The van der Waals surface area contributed by atoms with Crippen molar-refractivity contribution < 1.29 is 5.11 Å². The van der Waals surface area contributed by atoms with Gasteiger partial charge in [-0.1, -0.05) is 19.1 Å². The molecule has 0 bridgehead atoms. The molecule has 1 aromatic carbocycles. The van der Waals surface area contributed by atoms with Crippen LogP contribution in [0.25, 0.3) is 22.3 Å². The molecule has 23 heavy (non-hydrogen) atoms. The van der Waals surface area contributed by atoms with Gasteiger partial charge in [-0.25, -0.2) is 0 Å². The van der Waals surface area contributed by atoms with E-state index in [0.717, 1.165) is 30.4 Å². The average Bonchev–Trinajstić information content (AvgIpc) is 2.93. The fourth-order valence-corrected chi connectivity index (χ4v) is 3.64. The van der Waals surface area contributed by atoms with Crippen molar-refractivity contribution in [3.8, 4) is 17.0 Å². The molecule has 118 valence electrons. The summed E-state index contributed by atoms with van der Waals surface area (Å²) >= 11 is 0. The molecule has 5 heteroatoms. The lowest BCUT2D eigenvalue weighted by molar-refractivity contribution is 0.226. The zero-order chi connectivity index (χ0) is 16.0. The Morgan fingerprint density at radius 1 is 1.30 bits per heavy atom. The Kier molecular flexibility index (Phi) is 3.31. The van der Waals surface area contributed by atoms with Crippen LogP contribution in [0.4, 0.5) is 0 Å². The van der Waals surface area contributed by atoms with E-state index in [2.05, 4.69) is 40.1 Å². The van der Waals surface area contributed by atoms with Crippen molar-refractivity contribution in [3.05, 3.63) is 41.6 Å². The van der Waals surface area contributed by atoms with Gasteiger partial charge in [-0.3, -0.25) is 4.90 Å². The van der Waals surface area contributed by atoms with E-state index in [4.69, 9.17) is 0 Å². The number of nitrogens with one attached hydrogen (secondary N) is 1. The monoisotopic (exact) mass is 308 g/mol. The van der Waals surface area contributed by atoms with Gasteiger partial charge in [-0.2, -0.15) is 0 Å². The van der Waals surface area contributed by atoms with Crippen LogP contribution >= 0.6 is 0 Å². The quantitative estimate of drug-likeness (QED) is 0.762. The number of H-pyrrole nitrogens is 1. The van der Waals surface area contributed by atoms with Gasteiger partial charge in [-0.05, 0) is 37.2 Å².